The standard InChI is InChI=1S/C15H12FNO2/c1-19-13-4-2-3-11(16)15(13)9-5-6-12-10(7-9)8-14(18)17-12/h2-7H,8H2,1H3,(H,17,18). The highest BCUT2D eigenvalue weighted by Crippen LogP contribution is 2.35. The van der Waals surface area contributed by atoms with Crippen LogP contribution in [0.25, 0.3) is 11.1 Å². The van der Waals surface area contributed by atoms with E-state index in [2.05, 4.69) is 5.32 Å². The molecule has 0 unspecified atom stereocenters. The van der Waals surface area contributed by atoms with Crippen LogP contribution in [-0.4, -0.2) is 13.0 Å². The van der Waals surface area contributed by atoms with Crippen LogP contribution in [0.2, 0.25) is 0 Å². The van der Waals surface area contributed by atoms with Crippen LogP contribution < -0.4 is 10.1 Å². The highest BCUT2D eigenvalue weighted by molar-refractivity contribution is 5.99. The van der Waals surface area contributed by atoms with E-state index in [0.717, 1.165) is 11.3 Å². The number of carbonyl (C=O) groups excluding carboxylic acids is 1. The molecule has 0 bridgehead atoms. The first-order valence-electron chi connectivity index (χ1n) is 5.94. The Balaban J connectivity index is 2.14. The zero-order valence-corrected chi connectivity index (χ0v) is 10.4. The average molecular weight is 257 g/mol. The van der Waals surface area contributed by atoms with Gasteiger partial charge in [-0.05, 0) is 35.4 Å². The van der Waals surface area contributed by atoms with Crippen molar-refractivity contribution >= 4 is 11.6 Å². The van der Waals surface area contributed by atoms with E-state index in [1.54, 1.807) is 24.3 Å². The molecule has 2 aromatic rings. The number of benzene rings is 2. The summed E-state index contributed by atoms with van der Waals surface area (Å²) in [6.07, 6.45) is 0.333. The molecule has 4 heteroatoms. The van der Waals surface area contributed by atoms with Crippen LogP contribution in [0.15, 0.2) is 36.4 Å². The van der Waals surface area contributed by atoms with Gasteiger partial charge in [-0.1, -0.05) is 12.1 Å². The smallest absolute Gasteiger partial charge is 0.228 e. The van der Waals surface area contributed by atoms with Gasteiger partial charge >= 0.3 is 0 Å². The summed E-state index contributed by atoms with van der Waals surface area (Å²) < 4.78 is 19.2. The van der Waals surface area contributed by atoms with Crippen molar-refractivity contribution in [1.29, 1.82) is 0 Å². The molecule has 19 heavy (non-hydrogen) atoms. The average Bonchev–Trinajstić information content (AvgIpc) is 2.77. The third-order valence-electron chi connectivity index (χ3n) is 3.21. The Morgan fingerprint density at radius 2 is 2.11 bits per heavy atom. The fourth-order valence-electron chi connectivity index (χ4n) is 2.34. The molecule has 1 aliphatic heterocycles. The number of fused-ring (bicyclic) bond motifs is 1. The molecule has 0 spiro atoms. The molecule has 0 saturated heterocycles. The van der Waals surface area contributed by atoms with Gasteiger partial charge in [0.1, 0.15) is 11.6 Å². The monoisotopic (exact) mass is 257 g/mol. The minimum Gasteiger partial charge on any atom is -0.496 e. The van der Waals surface area contributed by atoms with Gasteiger partial charge in [0.05, 0.1) is 19.1 Å². The van der Waals surface area contributed by atoms with Crippen LogP contribution in [0.4, 0.5) is 10.1 Å². The third kappa shape index (κ3) is 1.95. The molecule has 0 atom stereocenters. The first kappa shape index (κ1) is 11.7. The van der Waals surface area contributed by atoms with Crippen LogP contribution in [-0.2, 0) is 11.2 Å². The van der Waals surface area contributed by atoms with Crippen LogP contribution in [0.1, 0.15) is 5.56 Å². The van der Waals surface area contributed by atoms with Gasteiger partial charge in [-0.3, -0.25) is 4.79 Å². The molecule has 0 saturated carbocycles. The molecule has 3 nitrogen and oxygen atoms in total. The predicted octanol–water partition coefficient (Wildman–Crippen LogP) is 3.00. The zero-order chi connectivity index (χ0) is 13.4. The molecule has 1 amide bonds. The van der Waals surface area contributed by atoms with Gasteiger partial charge in [-0.2, -0.15) is 0 Å². The fourth-order valence-corrected chi connectivity index (χ4v) is 2.34. The third-order valence-corrected chi connectivity index (χ3v) is 3.21. The summed E-state index contributed by atoms with van der Waals surface area (Å²) in [6.45, 7) is 0. The van der Waals surface area contributed by atoms with Crippen molar-refractivity contribution in [3.8, 4) is 16.9 Å². The first-order chi connectivity index (χ1) is 9.19. The Morgan fingerprint density at radius 1 is 1.26 bits per heavy atom. The van der Waals surface area contributed by atoms with E-state index in [1.165, 1.54) is 13.2 Å². The van der Waals surface area contributed by atoms with Gasteiger partial charge in [-0.15, -0.1) is 0 Å². The summed E-state index contributed by atoms with van der Waals surface area (Å²) in [6, 6.07) is 10.1. The lowest BCUT2D eigenvalue weighted by Gasteiger charge is -2.10. The van der Waals surface area contributed by atoms with Crippen molar-refractivity contribution in [2.45, 2.75) is 6.42 Å². The van der Waals surface area contributed by atoms with Gasteiger partial charge in [0.2, 0.25) is 5.91 Å². The second-order valence-corrected chi connectivity index (χ2v) is 4.41. The second-order valence-electron chi connectivity index (χ2n) is 4.41. The molecular formula is C15H12FNO2. The summed E-state index contributed by atoms with van der Waals surface area (Å²) in [5, 5.41) is 2.76. The van der Waals surface area contributed by atoms with Gasteiger partial charge in [0.15, 0.2) is 0 Å². The van der Waals surface area contributed by atoms with Crippen molar-refractivity contribution in [3.05, 3.63) is 47.8 Å². The number of anilines is 1. The maximum absolute atomic E-state index is 14.0. The van der Waals surface area contributed by atoms with Crippen molar-refractivity contribution in [2.24, 2.45) is 0 Å². The highest BCUT2D eigenvalue weighted by Gasteiger charge is 2.19. The Bertz CT molecular complexity index is 667. The van der Waals surface area contributed by atoms with E-state index in [1.807, 2.05) is 6.07 Å². The van der Waals surface area contributed by atoms with Crippen LogP contribution in [0, 0.1) is 5.82 Å². The van der Waals surface area contributed by atoms with Gasteiger partial charge in [0.25, 0.3) is 0 Å². The summed E-state index contributed by atoms with van der Waals surface area (Å²) in [5.41, 5.74) is 2.81. The number of rotatable bonds is 2. The second kappa shape index (κ2) is 4.39. The zero-order valence-electron chi connectivity index (χ0n) is 10.4. The predicted molar refractivity (Wildman–Crippen MR) is 70.7 cm³/mol. The Hall–Kier alpha value is -2.36. The van der Waals surface area contributed by atoms with Gasteiger partial charge in [0, 0.05) is 5.69 Å². The van der Waals surface area contributed by atoms with Crippen LogP contribution in [0.3, 0.4) is 0 Å². The summed E-state index contributed by atoms with van der Waals surface area (Å²) in [4.78, 5) is 11.3. The van der Waals surface area contributed by atoms with E-state index in [0.29, 0.717) is 23.3 Å². The van der Waals surface area contributed by atoms with E-state index >= 15 is 0 Å². The number of carbonyl (C=O) groups is 1. The first-order valence-corrected chi connectivity index (χ1v) is 5.94. The number of ether oxygens (including phenoxy) is 1. The summed E-state index contributed by atoms with van der Waals surface area (Å²) in [7, 11) is 1.51. The minimum atomic E-state index is -0.336. The van der Waals surface area contributed by atoms with Crippen molar-refractivity contribution in [2.75, 3.05) is 12.4 Å². The quantitative estimate of drug-likeness (QED) is 0.898. The normalized spacial score (nSPS) is 13.1. The molecule has 0 aromatic heterocycles. The molecule has 0 fully saturated rings. The number of nitrogens with one attached hydrogen (secondary N) is 1. The number of hydrogen-bond donors (Lipinski definition) is 1. The Morgan fingerprint density at radius 3 is 2.89 bits per heavy atom. The van der Waals surface area contributed by atoms with Crippen molar-refractivity contribution < 1.29 is 13.9 Å². The SMILES string of the molecule is COc1cccc(F)c1-c1ccc2c(c1)CC(=O)N2. The van der Waals surface area contributed by atoms with E-state index < -0.39 is 0 Å². The molecule has 0 radical (unpaired) electrons. The molecule has 3 rings (SSSR count). The lowest BCUT2D eigenvalue weighted by atomic mass is 10.0. The van der Waals surface area contributed by atoms with Crippen molar-refractivity contribution in [1.82, 2.24) is 0 Å². The van der Waals surface area contributed by atoms with Crippen LogP contribution >= 0.6 is 0 Å². The van der Waals surface area contributed by atoms with Gasteiger partial charge < -0.3 is 10.1 Å². The fraction of sp³-hybridized carbons (Fsp3) is 0.133. The molecule has 1 N–H and O–H groups in total. The Kier molecular flexibility index (Phi) is 2.71. The number of halogens is 1. The van der Waals surface area contributed by atoms with Gasteiger partial charge in [-0.25, -0.2) is 4.39 Å². The molecule has 2 aromatic carbocycles. The Labute approximate surface area is 110 Å². The van der Waals surface area contributed by atoms with E-state index in [-0.39, 0.29) is 11.7 Å². The maximum atomic E-state index is 14.0. The largest absolute Gasteiger partial charge is 0.496 e. The van der Waals surface area contributed by atoms with E-state index in [4.69, 9.17) is 4.74 Å². The topological polar surface area (TPSA) is 38.3 Å². The lowest BCUT2D eigenvalue weighted by Crippen LogP contribution is -2.03. The highest BCUT2D eigenvalue weighted by atomic mass is 19.1. The molecule has 1 aliphatic rings. The van der Waals surface area contributed by atoms with E-state index in [9.17, 15) is 9.18 Å². The maximum Gasteiger partial charge on any atom is 0.228 e. The number of methoxy groups -OCH3 is 1. The number of amides is 1. The number of hydrogen-bond acceptors (Lipinski definition) is 2. The van der Waals surface area contributed by atoms with Crippen LogP contribution in [0.5, 0.6) is 5.75 Å². The summed E-state index contributed by atoms with van der Waals surface area (Å²) in [5.74, 6) is 0.112. The minimum absolute atomic E-state index is 0.0346. The summed E-state index contributed by atoms with van der Waals surface area (Å²) >= 11 is 0. The van der Waals surface area contributed by atoms with Crippen molar-refractivity contribution in [3.63, 3.8) is 0 Å². The molecule has 0 aliphatic carbocycles. The lowest BCUT2D eigenvalue weighted by molar-refractivity contribution is -0.115. The molecule has 96 valence electrons. The molecule has 1 heterocycles. The molecular weight excluding hydrogens is 245 g/mol.